The van der Waals surface area contributed by atoms with E-state index in [1.807, 2.05) is 18.7 Å². The fraction of sp³-hybridized carbons (Fsp3) is 0.333. The number of thiophene rings is 1. The lowest BCUT2D eigenvalue weighted by Crippen LogP contribution is -2.51. The Bertz CT molecular complexity index is 811. The summed E-state index contributed by atoms with van der Waals surface area (Å²) >= 11 is 1.25. The molecule has 1 aromatic heterocycles. The molecule has 1 aromatic carbocycles. The molecule has 1 aliphatic rings. The van der Waals surface area contributed by atoms with Gasteiger partial charge >= 0.3 is 0 Å². The van der Waals surface area contributed by atoms with Gasteiger partial charge in [-0.3, -0.25) is 9.59 Å². The van der Waals surface area contributed by atoms with Crippen molar-refractivity contribution in [3.8, 4) is 0 Å². The highest BCUT2D eigenvalue weighted by Gasteiger charge is 2.24. The molecule has 1 fully saturated rings. The number of nitrogens with zero attached hydrogens (tertiary/aromatic N) is 1. The zero-order valence-electron chi connectivity index (χ0n) is 14.5. The second-order valence-electron chi connectivity index (χ2n) is 6.19. The minimum atomic E-state index is -0.460. The van der Waals surface area contributed by atoms with Crippen LogP contribution in [-0.4, -0.2) is 42.4 Å². The van der Waals surface area contributed by atoms with Crippen molar-refractivity contribution in [2.45, 2.75) is 19.9 Å². The quantitative estimate of drug-likeness (QED) is 0.835. The van der Waals surface area contributed by atoms with E-state index in [2.05, 4.69) is 10.6 Å². The van der Waals surface area contributed by atoms with Crippen LogP contribution in [0.5, 0.6) is 0 Å². The number of hydrogen-bond acceptors (Lipinski definition) is 4. The van der Waals surface area contributed by atoms with Crippen LogP contribution in [0.4, 0.5) is 9.39 Å². The maximum Gasteiger partial charge on any atom is 0.264 e. The minimum absolute atomic E-state index is 0. The summed E-state index contributed by atoms with van der Waals surface area (Å²) in [6, 6.07) is 7.56. The van der Waals surface area contributed by atoms with Crippen LogP contribution in [0.3, 0.4) is 0 Å². The van der Waals surface area contributed by atoms with Crippen molar-refractivity contribution in [3.05, 3.63) is 52.2 Å². The van der Waals surface area contributed by atoms with E-state index in [1.54, 1.807) is 12.1 Å². The van der Waals surface area contributed by atoms with Crippen LogP contribution < -0.4 is 10.6 Å². The predicted molar refractivity (Wildman–Crippen MR) is 104 cm³/mol. The van der Waals surface area contributed by atoms with Crippen molar-refractivity contribution in [1.29, 1.82) is 0 Å². The Morgan fingerprint density at radius 3 is 2.81 bits per heavy atom. The molecule has 0 bridgehead atoms. The van der Waals surface area contributed by atoms with Gasteiger partial charge in [0.2, 0.25) is 0 Å². The molecule has 2 aromatic rings. The van der Waals surface area contributed by atoms with E-state index in [1.165, 1.54) is 29.5 Å². The number of piperazine rings is 1. The third kappa shape index (κ3) is 4.60. The van der Waals surface area contributed by atoms with Crippen molar-refractivity contribution in [2.75, 3.05) is 25.0 Å². The molecule has 0 radical (unpaired) electrons. The molecule has 1 atom stereocenters. The molecule has 0 spiro atoms. The maximum atomic E-state index is 13.2. The molecule has 26 heavy (non-hydrogen) atoms. The van der Waals surface area contributed by atoms with Crippen molar-refractivity contribution >= 4 is 40.6 Å². The SMILES string of the molecule is Cc1cc(NC(=O)c2cccc(F)c2)sc1C(=O)N1CCNC(C)C1.Cl. The largest absolute Gasteiger partial charge is 0.335 e. The van der Waals surface area contributed by atoms with E-state index >= 15 is 0 Å². The van der Waals surface area contributed by atoms with E-state index in [0.29, 0.717) is 23.0 Å². The van der Waals surface area contributed by atoms with Gasteiger partial charge in [-0.1, -0.05) is 6.07 Å². The van der Waals surface area contributed by atoms with E-state index in [9.17, 15) is 14.0 Å². The summed E-state index contributed by atoms with van der Waals surface area (Å²) in [6.45, 7) is 6.02. The van der Waals surface area contributed by atoms with Gasteiger partial charge in [-0.25, -0.2) is 4.39 Å². The number of carbonyl (C=O) groups excluding carboxylic acids is 2. The predicted octanol–water partition coefficient (Wildman–Crippen LogP) is 3.30. The first kappa shape index (κ1) is 20.4. The highest BCUT2D eigenvalue weighted by molar-refractivity contribution is 7.18. The second-order valence-corrected chi connectivity index (χ2v) is 7.25. The highest BCUT2D eigenvalue weighted by atomic mass is 35.5. The lowest BCUT2D eigenvalue weighted by Gasteiger charge is -2.31. The standard InChI is InChI=1S/C18H20FN3O2S.ClH/c1-11-8-15(21-17(23)13-4-3-5-14(19)9-13)25-16(11)18(24)22-7-6-20-12(2)10-22;/h3-5,8-9,12,20H,6-7,10H2,1-2H3,(H,21,23);1H. The maximum absolute atomic E-state index is 13.2. The van der Waals surface area contributed by atoms with Gasteiger partial charge in [-0.05, 0) is 43.7 Å². The third-order valence-corrected chi connectivity index (χ3v) is 5.23. The number of carbonyl (C=O) groups is 2. The molecule has 140 valence electrons. The Balaban J connectivity index is 0.00000243. The van der Waals surface area contributed by atoms with Gasteiger partial charge in [0.25, 0.3) is 11.8 Å². The molecule has 1 unspecified atom stereocenters. The number of halogens is 2. The molecule has 3 rings (SSSR count). The third-order valence-electron chi connectivity index (χ3n) is 4.09. The van der Waals surface area contributed by atoms with Gasteiger partial charge < -0.3 is 15.5 Å². The van der Waals surface area contributed by atoms with Crippen LogP contribution >= 0.6 is 23.7 Å². The summed E-state index contributed by atoms with van der Waals surface area (Å²) in [5, 5.41) is 6.63. The first-order valence-corrected chi connectivity index (χ1v) is 8.95. The van der Waals surface area contributed by atoms with Crippen LogP contribution in [0, 0.1) is 12.7 Å². The molecule has 2 heterocycles. The fourth-order valence-electron chi connectivity index (χ4n) is 2.83. The number of rotatable bonds is 3. The van der Waals surface area contributed by atoms with Gasteiger partial charge in [0.05, 0.1) is 9.88 Å². The lowest BCUT2D eigenvalue weighted by molar-refractivity contribution is 0.0713. The fourth-order valence-corrected chi connectivity index (χ4v) is 3.87. The van der Waals surface area contributed by atoms with Crippen molar-refractivity contribution < 1.29 is 14.0 Å². The Kier molecular flexibility index (Phi) is 6.75. The van der Waals surface area contributed by atoms with E-state index in [0.717, 1.165) is 12.1 Å². The number of nitrogens with one attached hydrogen (secondary N) is 2. The molecule has 0 aliphatic carbocycles. The molecular weight excluding hydrogens is 377 g/mol. The van der Waals surface area contributed by atoms with Gasteiger partial charge in [-0.15, -0.1) is 23.7 Å². The molecule has 2 N–H and O–H groups in total. The van der Waals surface area contributed by atoms with Crippen LogP contribution in [0.2, 0.25) is 0 Å². The molecule has 0 saturated carbocycles. The Morgan fingerprint density at radius 2 is 2.12 bits per heavy atom. The summed E-state index contributed by atoms with van der Waals surface area (Å²) in [5.41, 5.74) is 1.07. The van der Waals surface area contributed by atoms with Crippen LogP contribution in [0.15, 0.2) is 30.3 Å². The second kappa shape index (κ2) is 8.62. The van der Waals surface area contributed by atoms with Crippen LogP contribution in [0.25, 0.3) is 0 Å². The first-order valence-electron chi connectivity index (χ1n) is 8.14. The van der Waals surface area contributed by atoms with Gasteiger partial charge in [-0.2, -0.15) is 0 Å². The molecule has 2 amide bonds. The van der Waals surface area contributed by atoms with Gasteiger partial charge in [0.15, 0.2) is 0 Å². The van der Waals surface area contributed by atoms with Gasteiger partial charge in [0, 0.05) is 31.2 Å². The van der Waals surface area contributed by atoms with Crippen molar-refractivity contribution in [2.24, 2.45) is 0 Å². The zero-order chi connectivity index (χ0) is 18.0. The molecular formula is C18H21ClFN3O2S. The molecule has 8 heteroatoms. The summed E-state index contributed by atoms with van der Waals surface area (Å²) in [5.74, 6) is -0.864. The number of amides is 2. The van der Waals surface area contributed by atoms with E-state index < -0.39 is 11.7 Å². The number of anilines is 1. The first-order chi connectivity index (χ1) is 11.9. The summed E-state index contributed by atoms with van der Waals surface area (Å²) < 4.78 is 13.2. The molecule has 1 aliphatic heterocycles. The Morgan fingerprint density at radius 1 is 1.35 bits per heavy atom. The summed E-state index contributed by atoms with van der Waals surface area (Å²) in [4.78, 5) is 27.4. The number of hydrogen-bond donors (Lipinski definition) is 2. The van der Waals surface area contributed by atoms with E-state index in [4.69, 9.17) is 0 Å². The van der Waals surface area contributed by atoms with Crippen molar-refractivity contribution in [1.82, 2.24) is 10.2 Å². The summed E-state index contributed by atoms with van der Waals surface area (Å²) in [7, 11) is 0. The topological polar surface area (TPSA) is 61.4 Å². The molecule has 5 nitrogen and oxygen atoms in total. The lowest BCUT2D eigenvalue weighted by atomic mass is 10.2. The normalized spacial score (nSPS) is 16.7. The smallest absolute Gasteiger partial charge is 0.264 e. The Hall–Kier alpha value is -1.96. The monoisotopic (exact) mass is 397 g/mol. The molecule has 1 saturated heterocycles. The van der Waals surface area contributed by atoms with Crippen molar-refractivity contribution in [3.63, 3.8) is 0 Å². The average molecular weight is 398 g/mol. The average Bonchev–Trinajstić information content (AvgIpc) is 2.94. The highest BCUT2D eigenvalue weighted by Crippen LogP contribution is 2.28. The summed E-state index contributed by atoms with van der Waals surface area (Å²) in [6.07, 6.45) is 0. The van der Waals surface area contributed by atoms with Crippen LogP contribution in [-0.2, 0) is 0 Å². The number of benzene rings is 1. The van der Waals surface area contributed by atoms with Crippen LogP contribution in [0.1, 0.15) is 32.5 Å². The zero-order valence-corrected chi connectivity index (χ0v) is 16.2. The Labute approximate surface area is 162 Å². The minimum Gasteiger partial charge on any atom is -0.335 e. The van der Waals surface area contributed by atoms with Gasteiger partial charge in [0.1, 0.15) is 5.82 Å². The number of aryl methyl sites for hydroxylation is 1. The van der Waals surface area contributed by atoms with E-state index in [-0.39, 0.29) is 29.9 Å².